The van der Waals surface area contributed by atoms with E-state index < -0.39 is 0 Å². The third-order valence-corrected chi connectivity index (χ3v) is 3.72. The van der Waals surface area contributed by atoms with Gasteiger partial charge < -0.3 is 10.6 Å². The van der Waals surface area contributed by atoms with Gasteiger partial charge in [-0.15, -0.1) is 0 Å². The van der Waals surface area contributed by atoms with Crippen LogP contribution in [0.4, 0.5) is 17.5 Å². The third kappa shape index (κ3) is 2.69. The molecule has 0 radical (unpaired) electrons. The highest BCUT2D eigenvalue weighted by molar-refractivity contribution is 9.10. The lowest BCUT2D eigenvalue weighted by Gasteiger charge is -2.23. The molecule has 2 N–H and O–H groups in total. The zero-order valence-electron chi connectivity index (χ0n) is 11.6. The molecule has 0 aliphatic heterocycles. The Hall–Kier alpha value is -2.14. The maximum atomic E-state index is 5.83. The summed E-state index contributed by atoms with van der Waals surface area (Å²) < 4.78 is 0.684. The smallest absolute Gasteiger partial charge is 0.232 e. The number of rotatable bonds is 3. The summed E-state index contributed by atoms with van der Waals surface area (Å²) in [5.74, 6) is 1.05. The number of anilines is 3. The van der Waals surface area contributed by atoms with Crippen molar-refractivity contribution in [3.05, 3.63) is 53.1 Å². The van der Waals surface area contributed by atoms with Crippen molar-refractivity contribution in [1.82, 2.24) is 9.97 Å². The number of hydrogen-bond acceptors (Lipinski definition) is 4. The van der Waals surface area contributed by atoms with Crippen LogP contribution in [0.3, 0.4) is 0 Å². The standard InChI is InChI=1S/C16H15BrN4/c1-2-21(16-19-14(17)10-15(18)20-16)13-9-5-7-11-6-3-4-8-12(11)13/h3-10H,2H2,1H3,(H2,18,19,20). The lowest BCUT2D eigenvalue weighted by Crippen LogP contribution is -2.19. The van der Waals surface area contributed by atoms with E-state index in [1.165, 1.54) is 10.8 Å². The summed E-state index contributed by atoms with van der Waals surface area (Å²) in [5.41, 5.74) is 6.91. The van der Waals surface area contributed by atoms with Crippen molar-refractivity contribution in [2.24, 2.45) is 0 Å². The topological polar surface area (TPSA) is 55.0 Å². The van der Waals surface area contributed by atoms with Gasteiger partial charge in [0.1, 0.15) is 10.4 Å². The zero-order valence-corrected chi connectivity index (χ0v) is 13.2. The number of nitrogens with two attached hydrogens (primary N) is 1. The quantitative estimate of drug-likeness (QED) is 0.727. The fraction of sp³-hybridized carbons (Fsp3) is 0.125. The summed E-state index contributed by atoms with van der Waals surface area (Å²) in [6, 6.07) is 16.2. The fourth-order valence-corrected chi connectivity index (χ4v) is 2.80. The summed E-state index contributed by atoms with van der Waals surface area (Å²) in [6.07, 6.45) is 0. The summed E-state index contributed by atoms with van der Waals surface area (Å²) in [4.78, 5) is 10.8. The van der Waals surface area contributed by atoms with E-state index in [1.54, 1.807) is 6.07 Å². The number of nitrogens with zero attached hydrogens (tertiary/aromatic N) is 3. The van der Waals surface area contributed by atoms with Crippen LogP contribution in [0.1, 0.15) is 6.92 Å². The Morgan fingerprint density at radius 1 is 1.10 bits per heavy atom. The van der Waals surface area contributed by atoms with Gasteiger partial charge in [0.25, 0.3) is 0 Å². The number of aromatic nitrogens is 2. The van der Waals surface area contributed by atoms with Gasteiger partial charge in [-0.2, -0.15) is 4.98 Å². The van der Waals surface area contributed by atoms with Crippen molar-refractivity contribution in [1.29, 1.82) is 0 Å². The second-order valence-electron chi connectivity index (χ2n) is 4.66. The molecule has 2 aromatic carbocycles. The Morgan fingerprint density at radius 2 is 1.86 bits per heavy atom. The summed E-state index contributed by atoms with van der Waals surface area (Å²) in [5, 5.41) is 2.36. The zero-order chi connectivity index (χ0) is 14.8. The molecule has 0 aliphatic rings. The fourth-order valence-electron chi connectivity index (χ4n) is 2.41. The average molecular weight is 343 g/mol. The first-order valence-corrected chi connectivity index (χ1v) is 7.53. The molecule has 0 spiro atoms. The lowest BCUT2D eigenvalue weighted by molar-refractivity contribution is 0.947. The summed E-state index contributed by atoms with van der Waals surface area (Å²) >= 11 is 3.37. The molecule has 1 aromatic heterocycles. The first-order chi connectivity index (χ1) is 10.2. The van der Waals surface area contributed by atoms with E-state index >= 15 is 0 Å². The summed E-state index contributed by atoms with van der Waals surface area (Å²) in [7, 11) is 0. The van der Waals surface area contributed by atoms with Crippen LogP contribution in [0.5, 0.6) is 0 Å². The van der Waals surface area contributed by atoms with Gasteiger partial charge in [0.05, 0.1) is 5.69 Å². The van der Waals surface area contributed by atoms with Crippen LogP contribution in [0, 0.1) is 0 Å². The molecule has 0 atom stereocenters. The van der Waals surface area contributed by atoms with Gasteiger partial charge in [0.15, 0.2) is 0 Å². The SMILES string of the molecule is CCN(c1nc(N)cc(Br)n1)c1cccc2ccccc12. The molecule has 106 valence electrons. The highest BCUT2D eigenvalue weighted by atomic mass is 79.9. The van der Waals surface area contributed by atoms with E-state index in [1.807, 2.05) is 18.2 Å². The number of hydrogen-bond donors (Lipinski definition) is 1. The Morgan fingerprint density at radius 3 is 2.62 bits per heavy atom. The molecular formula is C16H15BrN4. The number of halogens is 1. The van der Waals surface area contributed by atoms with E-state index in [0.717, 1.165) is 12.2 Å². The van der Waals surface area contributed by atoms with Crippen molar-refractivity contribution in [2.75, 3.05) is 17.2 Å². The Kier molecular flexibility index (Phi) is 3.75. The highest BCUT2D eigenvalue weighted by Crippen LogP contribution is 2.31. The predicted octanol–water partition coefficient (Wildman–Crippen LogP) is 4.13. The van der Waals surface area contributed by atoms with Crippen LogP contribution in [0.2, 0.25) is 0 Å². The van der Waals surface area contributed by atoms with Crippen molar-refractivity contribution in [3.63, 3.8) is 0 Å². The van der Waals surface area contributed by atoms with E-state index in [4.69, 9.17) is 5.73 Å². The van der Waals surface area contributed by atoms with Crippen LogP contribution in [0.15, 0.2) is 53.1 Å². The van der Waals surface area contributed by atoms with E-state index in [2.05, 4.69) is 62.0 Å². The van der Waals surface area contributed by atoms with Crippen molar-refractivity contribution in [2.45, 2.75) is 6.92 Å². The molecule has 0 aliphatic carbocycles. The molecule has 0 unspecified atom stereocenters. The molecule has 21 heavy (non-hydrogen) atoms. The molecule has 0 bridgehead atoms. The number of benzene rings is 2. The summed E-state index contributed by atoms with van der Waals surface area (Å²) in [6.45, 7) is 2.83. The van der Waals surface area contributed by atoms with Gasteiger partial charge in [-0.3, -0.25) is 0 Å². The van der Waals surface area contributed by atoms with Crippen molar-refractivity contribution < 1.29 is 0 Å². The van der Waals surface area contributed by atoms with Crippen LogP contribution in [-0.4, -0.2) is 16.5 Å². The van der Waals surface area contributed by atoms with Gasteiger partial charge in [0, 0.05) is 18.0 Å². The molecule has 0 saturated heterocycles. The molecule has 0 amide bonds. The average Bonchev–Trinajstić information content (AvgIpc) is 2.47. The van der Waals surface area contributed by atoms with Crippen LogP contribution >= 0.6 is 15.9 Å². The highest BCUT2D eigenvalue weighted by Gasteiger charge is 2.14. The molecule has 1 heterocycles. The van der Waals surface area contributed by atoms with E-state index in [9.17, 15) is 0 Å². The molecular weight excluding hydrogens is 328 g/mol. The minimum absolute atomic E-state index is 0.450. The third-order valence-electron chi connectivity index (χ3n) is 3.32. The van der Waals surface area contributed by atoms with Gasteiger partial charge >= 0.3 is 0 Å². The number of nitrogen functional groups attached to an aromatic ring is 1. The van der Waals surface area contributed by atoms with E-state index in [-0.39, 0.29) is 0 Å². The molecule has 5 heteroatoms. The van der Waals surface area contributed by atoms with Gasteiger partial charge in [-0.25, -0.2) is 4.98 Å². The lowest BCUT2D eigenvalue weighted by atomic mass is 10.1. The Balaban J connectivity index is 2.18. The predicted molar refractivity (Wildman–Crippen MR) is 90.8 cm³/mol. The number of fused-ring (bicyclic) bond motifs is 1. The second-order valence-corrected chi connectivity index (χ2v) is 5.47. The Labute approximate surface area is 131 Å². The molecule has 4 nitrogen and oxygen atoms in total. The van der Waals surface area contributed by atoms with Crippen molar-refractivity contribution >= 4 is 44.2 Å². The molecule has 3 aromatic rings. The maximum absolute atomic E-state index is 5.83. The monoisotopic (exact) mass is 342 g/mol. The first kappa shape index (κ1) is 13.8. The molecule has 0 fully saturated rings. The second kappa shape index (κ2) is 5.69. The first-order valence-electron chi connectivity index (χ1n) is 6.74. The molecule has 3 rings (SSSR count). The van der Waals surface area contributed by atoms with Crippen LogP contribution in [-0.2, 0) is 0 Å². The van der Waals surface area contributed by atoms with Crippen LogP contribution in [0.25, 0.3) is 10.8 Å². The maximum Gasteiger partial charge on any atom is 0.232 e. The van der Waals surface area contributed by atoms with Gasteiger partial charge in [0.2, 0.25) is 5.95 Å². The molecule has 0 saturated carbocycles. The minimum Gasteiger partial charge on any atom is -0.383 e. The minimum atomic E-state index is 0.450. The largest absolute Gasteiger partial charge is 0.383 e. The Bertz CT molecular complexity index is 763. The van der Waals surface area contributed by atoms with Crippen LogP contribution < -0.4 is 10.6 Å². The normalized spacial score (nSPS) is 10.8. The van der Waals surface area contributed by atoms with Gasteiger partial charge in [-0.05, 0) is 34.3 Å². The van der Waals surface area contributed by atoms with E-state index in [0.29, 0.717) is 16.4 Å². The van der Waals surface area contributed by atoms with Crippen molar-refractivity contribution in [3.8, 4) is 0 Å². The van der Waals surface area contributed by atoms with Gasteiger partial charge in [-0.1, -0.05) is 36.4 Å².